The van der Waals surface area contributed by atoms with Crippen LogP contribution in [0.5, 0.6) is 0 Å². The van der Waals surface area contributed by atoms with Crippen LogP contribution in [0.15, 0.2) is 36.4 Å². The van der Waals surface area contributed by atoms with E-state index in [0.717, 1.165) is 5.56 Å². The Bertz CT molecular complexity index is 674. The quantitative estimate of drug-likeness (QED) is 0.817. The molecule has 0 radical (unpaired) electrons. The number of rotatable bonds is 4. The van der Waals surface area contributed by atoms with E-state index in [1.807, 2.05) is 6.07 Å². The highest BCUT2D eigenvalue weighted by Crippen LogP contribution is 2.21. The molecule has 110 valence electrons. The van der Waals surface area contributed by atoms with Crippen LogP contribution in [-0.4, -0.2) is 12.5 Å². The molecular formula is C15H13Cl3N2O. The number of nitrogen functional groups attached to an aromatic ring is 1. The fourth-order valence-corrected chi connectivity index (χ4v) is 2.53. The van der Waals surface area contributed by atoms with Crippen molar-refractivity contribution in [1.29, 1.82) is 0 Å². The van der Waals surface area contributed by atoms with E-state index in [1.54, 1.807) is 30.3 Å². The highest BCUT2D eigenvalue weighted by atomic mass is 35.5. The van der Waals surface area contributed by atoms with Crippen LogP contribution in [0.3, 0.4) is 0 Å². The molecule has 0 aliphatic carbocycles. The Kier molecular flexibility index (Phi) is 5.34. The molecule has 2 aromatic rings. The van der Waals surface area contributed by atoms with E-state index >= 15 is 0 Å². The Morgan fingerprint density at radius 3 is 2.43 bits per heavy atom. The molecule has 0 aromatic heterocycles. The van der Waals surface area contributed by atoms with Gasteiger partial charge in [0.1, 0.15) is 0 Å². The standard InChI is InChI=1S/C15H13Cl3N2O/c16-10-3-4-14(19)12(7-10)15(21)20-6-5-9-1-2-11(17)8-13(9)18/h1-4,7-8H,5-6,19H2,(H,20,21). The average Bonchev–Trinajstić information content (AvgIpc) is 2.43. The van der Waals surface area contributed by atoms with E-state index in [9.17, 15) is 4.79 Å². The first kappa shape index (κ1) is 16.0. The van der Waals surface area contributed by atoms with E-state index in [1.165, 1.54) is 0 Å². The van der Waals surface area contributed by atoms with Gasteiger partial charge in [-0.2, -0.15) is 0 Å². The molecule has 0 unspecified atom stereocenters. The largest absolute Gasteiger partial charge is 0.398 e. The molecule has 0 heterocycles. The van der Waals surface area contributed by atoms with Crippen LogP contribution in [0.2, 0.25) is 15.1 Å². The van der Waals surface area contributed by atoms with Crippen LogP contribution in [0.1, 0.15) is 15.9 Å². The highest BCUT2D eigenvalue weighted by molar-refractivity contribution is 6.35. The SMILES string of the molecule is Nc1ccc(Cl)cc1C(=O)NCCc1ccc(Cl)cc1Cl. The third kappa shape index (κ3) is 4.27. The van der Waals surface area contributed by atoms with Gasteiger partial charge in [0.05, 0.1) is 5.56 Å². The average molecular weight is 344 g/mol. The number of hydrogen-bond donors (Lipinski definition) is 2. The number of nitrogens with one attached hydrogen (secondary N) is 1. The number of benzene rings is 2. The molecule has 6 heteroatoms. The van der Waals surface area contributed by atoms with Crippen LogP contribution in [0, 0.1) is 0 Å². The minimum absolute atomic E-state index is 0.264. The van der Waals surface area contributed by atoms with E-state index < -0.39 is 0 Å². The van der Waals surface area contributed by atoms with Crippen molar-refractivity contribution in [3.05, 3.63) is 62.6 Å². The summed E-state index contributed by atoms with van der Waals surface area (Å²) in [7, 11) is 0. The lowest BCUT2D eigenvalue weighted by molar-refractivity contribution is 0.0955. The highest BCUT2D eigenvalue weighted by Gasteiger charge is 2.10. The molecule has 2 rings (SSSR count). The fourth-order valence-electron chi connectivity index (χ4n) is 1.86. The van der Waals surface area contributed by atoms with Crippen molar-refractivity contribution in [2.75, 3.05) is 12.3 Å². The van der Waals surface area contributed by atoms with E-state index in [0.29, 0.717) is 39.3 Å². The zero-order valence-electron chi connectivity index (χ0n) is 11.0. The summed E-state index contributed by atoms with van der Waals surface area (Å²) in [6, 6.07) is 10.1. The van der Waals surface area contributed by atoms with Gasteiger partial charge in [0.15, 0.2) is 0 Å². The van der Waals surface area contributed by atoms with Crippen molar-refractivity contribution in [3.63, 3.8) is 0 Å². The van der Waals surface area contributed by atoms with Crippen LogP contribution in [-0.2, 0) is 6.42 Å². The summed E-state index contributed by atoms with van der Waals surface area (Å²) in [4.78, 5) is 12.0. The number of carbonyl (C=O) groups is 1. The molecule has 0 aliphatic rings. The number of anilines is 1. The van der Waals surface area contributed by atoms with Gasteiger partial charge in [-0.3, -0.25) is 4.79 Å². The van der Waals surface area contributed by atoms with E-state index in [4.69, 9.17) is 40.5 Å². The molecule has 1 amide bonds. The van der Waals surface area contributed by atoms with Crippen molar-refractivity contribution < 1.29 is 4.79 Å². The van der Waals surface area contributed by atoms with Gasteiger partial charge in [0.25, 0.3) is 5.91 Å². The van der Waals surface area contributed by atoms with Gasteiger partial charge in [0.2, 0.25) is 0 Å². The summed E-state index contributed by atoms with van der Waals surface area (Å²) in [5.41, 5.74) is 7.43. The molecule has 0 saturated heterocycles. The Morgan fingerprint density at radius 1 is 1.05 bits per heavy atom. The first-order valence-electron chi connectivity index (χ1n) is 6.24. The third-order valence-electron chi connectivity index (χ3n) is 2.95. The van der Waals surface area contributed by atoms with Gasteiger partial charge < -0.3 is 11.1 Å². The molecular weight excluding hydrogens is 331 g/mol. The maximum Gasteiger partial charge on any atom is 0.253 e. The lowest BCUT2D eigenvalue weighted by Gasteiger charge is -2.09. The molecule has 21 heavy (non-hydrogen) atoms. The van der Waals surface area contributed by atoms with Crippen molar-refractivity contribution in [3.8, 4) is 0 Å². The van der Waals surface area contributed by atoms with Gasteiger partial charge in [0, 0.05) is 27.3 Å². The number of carbonyl (C=O) groups excluding carboxylic acids is 1. The molecule has 2 aromatic carbocycles. The van der Waals surface area contributed by atoms with Crippen LogP contribution >= 0.6 is 34.8 Å². The van der Waals surface area contributed by atoms with Crippen LogP contribution in [0.4, 0.5) is 5.69 Å². The van der Waals surface area contributed by atoms with Gasteiger partial charge in [-0.15, -0.1) is 0 Å². The van der Waals surface area contributed by atoms with Crippen molar-refractivity contribution >= 4 is 46.4 Å². The number of hydrogen-bond acceptors (Lipinski definition) is 2. The molecule has 0 saturated carbocycles. The molecule has 0 aliphatic heterocycles. The van der Waals surface area contributed by atoms with Crippen LogP contribution in [0.25, 0.3) is 0 Å². The minimum atomic E-state index is -0.264. The maximum absolute atomic E-state index is 12.0. The summed E-state index contributed by atoms with van der Waals surface area (Å²) in [5.74, 6) is -0.264. The summed E-state index contributed by atoms with van der Waals surface area (Å²) in [6.45, 7) is 0.437. The smallest absolute Gasteiger partial charge is 0.253 e. The zero-order valence-corrected chi connectivity index (χ0v) is 13.3. The van der Waals surface area contributed by atoms with E-state index in [-0.39, 0.29) is 5.91 Å². The second-order valence-corrected chi connectivity index (χ2v) is 5.75. The lowest BCUT2D eigenvalue weighted by atomic mass is 10.1. The molecule has 3 nitrogen and oxygen atoms in total. The van der Waals surface area contributed by atoms with Gasteiger partial charge >= 0.3 is 0 Å². The van der Waals surface area contributed by atoms with Crippen molar-refractivity contribution in [2.24, 2.45) is 0 Å². The monoisotopic (exact) mass is 342 g/mol. The second kappa shape index (κ2) is 7.03. The molecule has 0 bridgehead atoms. The second-order valence-electron chi connectivity index (χ2n) is 4.47. The molecule has 0 fully saturated rings. The fraction of sp³-hybridized carbons (Fsp3) is 0.133. The third-order valence-corrected chi connectivity index (χ3v) is 3.78. The predicted octanol–water partition coefficient (Wildman–Crippen LogP) is 4.20. The molecule has 3 N–H and O–H groups in total. The molecule has 0 spiro atoms. The lowest BCUT2D eigenvalue weighted by Crippen LogP contribution is -2.26. The summed E-state index contributed by atoms with van der Waals surface area (Å²) >= 11 is 17.8. The van der Waals surface area contributed by atoms with Crippen LogP contribution < -0.4 is 11.1 Å². The van der Waals surface area contributed by atoms with Crippen molar-refractivity contribution in [1.82, 2.24) is 5.32 Å². The first-order chi connectivity index (χ1) is 9.97. The number of halogens is 3. The minimum Gasteiger partial charge on any atom is -0.398 e. The Morgan fingerprint density at radius 2 is 1.71 bits per heavy atom. The normalized spacial score (nSPS) is 10.4. The first-order valence-corrected chi connectivity index (χ1v) is 7.38. The summed E-state index contributed by atoms with van der Waals surface area (Å²) < 4.78 is 0. The zero-order chi connectivity index (χ0) is 15.4. The Balaban J connectivity index is 1.97. The van der Waals surface area contributed by atoms with Gasteiger partial charge in [-0.25, -0.2) is 0 Å². The van der Waals surface area contributed by atoms with E-state index in [2.05, 4.69) is 5.32 Å². The summed E-state index contributed by atoms with van der Waals surface area (Å²) in [5, 5.41) is 4.42. The number of amides is 1. The van der Waals surface area contributed by atoms with Gasteiger partial charge in [-0.1, -0.05) is 40.9 Å². The Labute approximate surface area is 138 Å². The number of nitrogens with two attached hydrogens (primary N) is 1. The molecule has 0 atom stereocenters. The Hall–Kier alpha value is -1.42. The maximum atomic E-state index is 12.0. The van der Waals surface area contributed by atoms with Crippen molar-refractivity contribution in [2.45, 2.75) is 6.42 Å². The summed E-state index contributed by atoms with van der Waals surface area (Å²) in [6.07, 6.45) is 0.599. The van der Waals surface area contributed by atoms with Gasteiger partial charge in [-0.05, 0) is 42.3 Å². The topological polar surface area (TPSA) is 55.1 Å². The predicted molar refractivity (Wildman–Crippen MR) is 88.4 cm³/mol.